The molecule has 2 aromatic carbocycles. The third-order valence-electron chi connectivity index (χ3n) is 6.80. The predicted octanol–water partition coefficient (Wildman–Crippen LogP) is 5.27. The van der Waals surface area contributed by atoms with E-state index in [9.17, 15) is 4.79 Å². The van der Waals surface area contributed by atoms with Gasteiger partial charge in [0, 0.05) is 50.4 Å². The van der Waals surface area contributed by atoms with Crippen molar-refractivity contribution in [2.45, 2.75) is 45.8 Å². The Labute approximate surface area is 211 Å². The van der Waals surface area contributed by atoms with Gasteiger partial charge in [-0.05, 0) is 57.0 Å². The molecule has 1 fully saturated rings. The molecule has 186 valence electrons. The van der Waals surface area contributed by atoms with Gasteiger partial charge in [0.05, 0.1) is 13.2 Å². The van der Waals surface area contributed by atoms with Crippen LogP contribution in [-0.2, 0) is 0 Å². The van der Waals surface area contributed by atoms with Gasteiger partial charge in [-0.1, -0.05) is 36.4 Å². The van der Waals surface area contributed by atoms with Crippen LogP contribution in [0.1, 0.15) is 55.2 Å². The second kappa shape index (κ2) is 12.9. The molecule has 0 spiro atoms. The number of carbonyl (C=O) groups excluding carboxylic acids is 1. The average Bonchev–Trinajstić information content (AvgIpc) is 2.83. The second-order valence-electron chi connectivity index (χ2n) is 8.88. The maximum atomic E-state index is 13.5. The number of piperazine rings is 1. The number of methoxy groups -OCH3 is 1. The summed E-state index contributed by atoms with van der Waals surface area (Å²) < 4.78 is 5.56. The maximum absolute atomic E-state index is 13.5. The van der Waals surface area contributed by atoms with Gasteiger partial charge >= 0.3 is 0 Å². The highest BCUT2D eigenvalue weighted by Crippen LogP contribution is 2.36. The zero-order valence-electron chi connectivity index (χ0n) is 21.2. The Morgan fingerprint density at radius 2 is 1.82 bits per heavy atom. The molecule has 0 N–H and O–H groups in total. The summed E-state index contributed by atoms with van der Waals surface area (Å²) in [5, 5.41) is 0. The van der Waals surface area contributed by atoms with Crippen LogP contribution in [0.3, 0.4) is 0 Å². The van der Waals surface area contributed by atoms with Crippen LogP contribution in [0.25, 0.3) is 0 Å². The van der Waals surface area contributed by atoms with Crippen molar-refractivity contribution in [2.24, 2.45) is 0 Å². The van der Waals surface area contributed by atoms with E-state index in [2.05, 4.69) is 48.4 Å². The predicted molar refractivity (Wildman–Crippen MR) is 143 cm³/mol. The van der Waals surface area contributed by atoms with Crippen LogP contribution in [-0.4, -0.2) is 72.5 Å². The number of carbonyl (C=O) groups is 1. The van der Waals surface area contributed by atoms with Gasteiger partial charge in [0.15, 0.2) is 0 Å². The summed E-state index contributed by atoms with van der Waals surface area (Å²) >= 11 is 0. The number of halogens is 1. The molecule has 0 aliphatic carbocycles. The normalized spacial score (nSPS) is 19.7. The highest BCUT2D eigenvalue weighted by Gasteiger charge is 2.36. The lowest BCUT2D eigenvalue weighted by atomic mass is 9.90. The molecule has 3 atom stereocenters. The molecule has 2 aromatic rings. The van der Waals surface area contributed by atoms with E-state index < -0.39 is 0 Å². The topological polar surface area (TPSA) is 36.0 Å². The van der Waals surface area contributed by atoms with Crippen molar-refractivity contribution in [1.82, 2.24) is 14.7 Å². The van der Waals surface area contributed by atoms with Crippen molar-refractivity contribution in [3.8, 4) is 5.75 Å². The Morgan fingerprint density at radius 1 is 1.12 bits per heavy atom. The van der Waals surface area contributed by atoms with Gasteiger partial charge in [0.1, 0.15) is 5.75 Å². The molecule has 1 amide bonds. The summed E-state index contributed by atoms with van der Waals surface area (Å²) in [4.78, 5) is 20.4. The number of hydrogen-bond donors (Lipinski definition) is 0. The summed E-state index contributed by atoms with van der Waals surface area (Å²) in [6.45, 7) is 16.7. The third-order valence-corrected chi connectivity index (χ3v) is 6.80. The number of amides is 1. The monoisotopic (exact) mass is 485 g/mol. The first-order chi connectivity index (χ1) is 15.9. The van der Waals surface area contributed by atoms with Crippen LogP contribution in [0.4, 0.5) is 0 Å². The zero-order valence-corrected chi connectivity index (χ0v) is 22.1. The summed E-state index contributed by atoms with van der Waals surface area (Å²) in [5.41, 5.74) is 2.98. The molecule has 1 saturated heterocycles. The molecular weight excluding hydrogens is 446 g/mol. The van der Waals surface area contributed by atoms with Crippen LogP contribution >= 0.6 is 12.4 Å². The largest absolute Gasteiger partial charge is 0.497 e. The van der Waals surface area contributed by atoms with Gasteiger partial charge in [-0.25, -0.2) is 0 Å². The molecule has 1 heterocycles. The molecule has 0 saturated carbocycles. The van der Waals surface area contributed by atoms with Crippen molar-refractivity contribution < 1.29 is 9.53 Å². The van der Waals surface area contributed by atoms with Crippen molar-refractivity contribution in [3.63, 3.8) is 0 Å². The molecule has 6 heteroatoms. The fraction of sp³-hybridized carbons (Fsp3) is 0.464. The van der Waals surface area contributed by atoms with E-state index in [0.29, 0.717) is 25.2 Å². The first kappa shape index (κ1) is 27.9. The molecular formula is C28H40ClN3O2. The van der Waals surface area contributed by atoms with Gasteiger partial charge in [-0.3, -0.25) is 14.6 Å². The second-order valence-corrected chi connectivity index (χ2v) is 8.88. The van der Waals surface area contributed by atoms with E-state index in [1.54, 1.807) is 7.11 Å². The first-order valence-electron chi connectivity index (χ1n) is 12.1. The highest BCUT2D eigenvalue weighted by atomic mass is 35.5. The minimum Gasteiger partial charge on any atom is -0.497 e. The van der Waals surface area contributed by atoms with Crippen LogP contribution in [0, 0.1) is 0 Å². The molecule has 1 aliphatic rings. The van der Waals surface area contributed by atoms with E-state index in [0.717, 1.165) is 42.1 Å². The van der Waals surface area contributed by atoms with Gasteiger partial charge in [0.25, 0.3) is 5.91 Å². The van der Waals surface area contributed by atoms with Crippen LogP contribution in [0.15, 0.2) is 61.2 Å². The zero-order chi connectivity index (χ0) is 24.0. The van der Waals surface area contributed by atoms with E-state index in [4.69, 9.17) is 4.74 Å². The van der Waals surface area contributed by atoms with Gasteiger partial charge in [-0.15, -0.1) is 19.0 Å². The lowest BCUT2D eigenvalue weighted by molar-refractivity contribution is 0.0302. The molecule has 3 rings (SSSR count). The molecule has 0 bridgehead atoms. The Morgan fingerprint density at radius 3 is 2.47 bits per heavy atom. The Balaban J connectivity index is 0.00000408. The van der Waals surface area contributed by atoms with E-state index in [1.165, 1.54) is 0 Å². The third kappa shape index (κ3) is 6.01. The number of nitrogens with zero attached hydrogens (tertiary/aromatic N) is 3. The molecule has 0 radical (unpaired) electrons. The smallest absolute Gasteiger partial charge is 0.254 e. The van der Waals surface area contributed by atoms with E-state index in [-0.39, 0.29) is 24.4 Å². The Kier molecular flexibility index (Phi) is 10.6. The summed E-state index contributed by atoms with van der Waals surface area (Å²) in [7, 11) is 1.70. The Bertz CT molecular complexity index is 947. The van der Waals surface area contributed by atoms with Gasteiger partial charge < -0.3 is 9.64 Å². The van der Waals surface area contributed by atoms with Crippen molar-refractivity contribution >= 4 is 18.3 Å². The number of rotatable bonds is 9. The maximum Gasteiger partial charge on any atom is 0.254 e. The average molecular weight is 486 g/mol. The van der Waals surface area contributed by atoms with Gasteiger partial charge in [-0.2, -0.15) is 0 Å². The van der Waals surface area contributed by atoms with Crippen molar-refractivity contribution in [2.75, 3.05) is 39.8 Å². The summed E-state index contributed by atoms with van der Waals surface area (Å²) in [6.07, 6.45) is 1.98. The standard InChI is InChI=1S/C28H39N3O2.ClH/c1-7-17-30-19-22(5)31(20-21(30)4)27(23-13-12-14-24(18-23)33-6)25-15-10-11-16-26(25)28(32)29(8-2)9-3;/h7,10-16,18,21-22,27H,1,8-9,17,19-20H2,2-6H3;1H/t21-,22+,27+;/m1./s1. The fourth-order valence-corrected chi connectivity index (χ4v) is 4.98. The van der Waals surface area contributed by atoms with Crippen molar-refractivity contribution in [1.29, 1.82) is 0 Å². The van der Waals surface area contributed by atoms with Crippen LogP contribution in [0.5, 0.6) is 5.75 Å². The molecule has 0 aromatic heterocycles. The number of ether oxygens (including phenoxy) is 1. The minimum absolute atomic E-state index is 0. The number of hydrogen-bond acceptors (Lipinski definition) is 4. The highest BCUT2D eigenvalue weighted by molar-refractivity contribution is 5.96. The lowest BCUT2D eigenvalue weighted by Gasteiger charge is -2.47. The quantitative estimate of drug-likeness (QED) is 0.453. The molecule has 34 heavy (non-hydrogen) atoms. The molecule has 5 nitrogen and oxygen atoms in total. The van der Waals surface area contributed by atoms with E-state index in [1.807, 2.05) is 55.2 Å². The van der Waals surface area contributed by atoms with Gasteiger partial charge in [0.2, 0.25) is 0 Å². The molecule has 1 aliphatic heterocycles. The number of benzene rings is 2. The lowest BCUT2D eigenvalue weighted by Crippen LogP contribution is -2.57. The summed E-state index contributed by atoms with van der Waals surface area (Å²) in [6, 6.07) is 17.0. The fourth-order valence-electron chi connectivity index (χ4n) is 4.98. The summed E-state index contributed by atoms with van der Waals surface area (Å²) in [5.74, 6) is 0.922. The van der Waals surface area contributed by atoms with Crippen molar-refractivity contribution in [3.05, 3.63) is 77.9 Å². The van der Waals surface area contributed by atoms with Crippen LogP contribution in [0.2, 0.25) is 0 Å². The molecule has 0 unspecified atom stereocenters. The Hall–Kier alpha value is -2.34. The SMILES string of the molecule is C=CCN1C[C@H](C)N([C@@H](c2cccc(OC)c2)c2ccccc2C(=O)N(CC)CC)C[C@H]1C.Cl. The van der Waals surface area contributed by atoms with E-state index >= 15 is 0 Å². The van der Waals surface area contributed by atoms with Crippen LogP contribution < -0.4 is 4.74 Å². The first-order valence-corrected chi connectivity index (χ1v) is 12.1. The minimum atomic E-state index is -0.0425.